The monoisotopic (exact) mass is 616 g/mol. The van der Waals surface area contributed by atoms with Crippen LogP contribution in [0.2, 0.25) is 0 Å². The average molecular weight is 617 g/mol. The van der Waals surface area contributed by atoms with E-state index in [-0.39, 0.29) is 29.7 Å². The standard InChI is InChI=1S/C35H44N4O6/c1-4-44-31-23-26(14-15-27(31)24-36-35(43)28-10-7-8-11-30(28)40)34(42)37-29-16-13-25(2)22-32(29)45-21-9-5-6-12-33(41)39-19-17-38(3)18-20-39/h7-8,10-11,13-16,22-23,40H,4-6,9,12,17-21,24H2,1-3H3,(H,36,43)(H,37,42). The highest BCUT2D eigenvalue weighted by atomic mass is 16.5. The van der Waals surface area contributed by atoms with Crippen molar-refractivity contribution in [3.63, 3.8) is 0 Å². The molecule has 1 saturated heterocycles. The zero-order valence-electron chi connectivity index (χ0n) is 26.4. The maximum Gasteiger partial charge on any atom is 0.255 e. The van der Waals surface area contributed by atoms with Crippen molar-refractivity contribution in [1.29, 1.82) is 0 Å². The van der Waals surface area contributed by atoms with Crippen LogP contribution in [0.5, 0.6) is 17.2 Å². The molecule has 240 valence electrons. The van der Waals surface area contributed by atoms with Gasteiger partial charge >= 0.3 is 0 Å². The molecule has 1 aliphatic rings. The molecule has 3 N–H and O–H groups in total. The Labute approximate surface area is 265 Å². The number of likely N-dealkylation sites (N-methyl/N-ethyl adjacent to an activating group) is 1. The van der Waals surface area contributed by atoms with Gasteiger partial charge in [-0.25, -0.2) is 0 Å². The van der Waals surface area contributed by atoms with E-state index in [2.05, 4.69) is 22.6 Å². The zero-order valence-corrected chi connectivity index (χ0v) is 26.4. The SMILES string of the molecule is CCOc1cc(C(=O)Nc2ccc(C)cc2OCCCCCC(=O)N2CCN(C)CC2)ccc1CNC(=O)c1ccccc1O. The fourth-order valence-corrected chi connectivity index (χ4v) is 5.07. The van der Waals surface area contributed by atoms with Gasteiger partial charge in [0.1, 0.15) is 17.2 Å². The first kappa shape index (κ1) is 33.3. The first-order valence-electron chi connectivity index (χ1n) is 15.6. The smallest absolute Gasteiger partial charge is 0.255 e. The Balaban J connectivity index is 1.30. The molecule has 0 saturated carbocycles. The summed E-state index contributed by atoms with van der Waals surface area (Å²) < 4.78 is 11.9. The lowest BCUT2D eigenvalue weighted by atomic mass is 10.1. The Bertz CT molecular complexity index is 1470. The Morgan fingerprint density at radius 2 is 1.64 bits per heavy atom. The van der Waals surface area contributed by atoms with Gasteiger partial charge in [-0.05, 0) is 82.1 Å². The van der Waals surface area contributed by atoms with Crippen molar-refractivity contribution >= 4 is 23.4 Å². The second-order valence-electron chi connectivity index (χ2n) is 11.3. The first-order chi connectivity index (χ1) is 21.7. The minimum absolute atomic E-state index is 0.0975. The molecule has 1 heterocycles. The number of nitrogens with one attached hydrogen (secondary N) is 2. The van der Waals surface area contributed by atoms with Gasteiger partial charge in [0.25, 0.3) is 11.8 Å². The molecule has 3 amide bonds. The van der Waals surface area contributed by atoms with Crippen molar-refractivity contribution in [3.05, 3.63) is 82.9 Å². The number of phenolic OH excluding ortho intramolecular Hbond substituents is 1. The third-order valence-corrected chi connectivity index (χ3v) is 7.75. The van der Waals surface area contributed by atoms with Crippen LogP contribution in [0, 0.1) is 6.92 Å². The van der Waals surface area contributed by atoms with Crippen molar-refractivity contribution in [3.8, 4) is 17.2 Å². The Hall–Kier alpha value is -4.57. The van der Waals surface area contributed by atoms with Crippen molar-refractivity contribution < 1.29 is 29.0 Å². The highest BCUT2D eigenvalue weighted by Crippen LogP contribution is 2.28. The third kappa shape index (κ3) is 9.71. The summed E-state index contributed by atoms with van der Waals surface area (Å²) in [5, 5.41) is 15.7. The lowest BCUT2D eigenvalue weighted by molar-refractivity contribution is -0.132. The van der Waals surface area contributed by atoms with Crippen LogP contribution in [0.15, 0.2) is 60.7 Å². The summed E-state index contributed by atoms with van der Waals surface area (Å²) in [6.07, 6.45) is 3.06. The molecule has 10 heteroatoms. The lowest BCUT2D eigenvalue weighted by Crippen LogP contribution is -2.47. The molecular formula is C35H44N4O6. The molecule has 3 aromatic carbocycles. The zero-order chi connectivity index (χ0) is 32.2. The van der Waals surface area contributed by atoms with Crippen LogP contribution in [0.3, 0.4) is 0 Å². The van der Waals surface area contributed by atoms with Gasteiger partial charge in [-0.2, -0.15) is 0 Å². The fraction of sp³-hybridized carbons (Fsp3) is 0.400. The number of piperazine rings is 1. The van der Waals surface area contributed by atoms with E-state index in [4.69, 9.17) is 9.47 Å². The van der Waals surface area contributed by atoms with Crippen molar-refractivity contribution in [2.24, 2.45) is 0 Å². The second-order valence-corrected chi connectivity index (χ2v) is 11.3. The van der Waals surface area contributed by atoms with Gasteiger partial charge in [0.15, 0.2) is 0 Å². The number of unbranched alkanes of at least 4 members (excludes halogenated alkanes) is 2. The molecule has 0 aromatic heterocycles. The molecule has 0 aliphatic carbocycles. The Kier molecular flexibility index (Phi) is 12.2. The van der Waals surface area contributed by atoms with Crippen LogP contribution in [-0.2, 0) is 11.3 Å². The number of hydrogen-bond acceptors (Lipinski definition) is 7. The van der Waals surface area contributed by atoms with Crippen LogP contribution in [0.25, 0.3) is 0 Å². The van der Waals surface area contributed by atoms with Crippen LogP contribution >= 0.6 is 0 Å². The first-order valence-corrected chi connectivity index (χ1v) is 15.6. The largest absolute Gasteiger partial charge is 0.507 e. The van der Waals surface area contributed by atoms with Gasteiger partial charge in [0, 0.05) is 50.3 Å². The summed E-state index contributed by atoms with van der Waals surface area (Å²) in [5.74, 6) is 0.463. The fourth-order valence-electron chi connectivity index (χ4n) is 5.07. The second kappa shape index (κ2) is 16.5. The molecule has 3 aromatic rings. The number of phenols is 1. The number of aromatic hydroxyl groups is 1. The van der Waals surface area contributed by atoms with Crippen molar-refractivity contribution in [1.82, 2.24) is 15.1 Å². The molecule has 45 heavy (non-hydrogen) atoms. The molecule has 0 unspecified atom stereocenters. The minimum Gasteiger partial charge on any atom is -0.507 e. The van der Waals surface area contributed by atoms with Crippen LogP contribution in [0.1, 0.15) is 64.4 Å². The number of ether oxygens (including phenoxy) is 2. The Morgan fingerprint density at radius 1 is 0.867 bits per heavy atom. The Morgan fingerprint density at radius 3 is 2.40 bits per heavy atom. The number of carbonyl (C=O) groups excluding carboxylic acids is 3. The molecule has 0 spiro atoms. The maximum atomic E-state index is 13.3. The normalized spacial score (nSPS) is 13.3. The highest BCUT2D eigenvalue weighted by Gasteiger charge is 2.19. The van der Waals surface area contributed by atoms with E-state index < -0.39 is 5.91 Å². The number of carbonyl (C=O) groups is 3. The number of rotatable bonds is 14. The number of nitrogens with zero attached hydrogens (tertiary/aromatic N) is 2. The van der Waals surface area contributed by atoms with Crippen molar-refractivity contribution in [2.75, 3.05) is 51.8 Å². The van der Waals surface area contributed by atoms with E-state index in [9.17, 15) is 19.5 Å². The highest BCUT2D eigenvalue weighted by molar-refractivity contribution is 6.05. The molecule has 0 bridgehead atoms. The quantitative estimate of drug-likeness (QED) is 0.218. The summed E-state index contributed by atoms with van der Waals surface area (Å²) in [6.45, 7) is 8.28. The van der Waals surface area contributed by atoms with Gasteiger partial charge in [0.2, 0.25) is 5.91 Å². The summed E-state index contributed by atoms with van der Waals surface area (Å²) in [5.41, 5.74) is 2.84. The number of anilines is 1. The van der Waals surface area contributed by atoms with Crippen LogP contribution in [-0.4, -0.2) is 79.1 Å². The predicted octanol–water partition coefficient (Wildman–Crippen LogP) is 4.99. The van der Waals surface area contributed by atoms with Gasteiger partial charge < -0.3 is 35.0 Å². The summed E-state index contributed by atoms with van der Waals surface area (Å²) in [6, 6.07) is 17.0. The minimum atomic E-state index is -0.414. The van der Waals surface area contributed by atoms with E-state index >= 15 is 0 Å². The maximum absolute atomic E-state index is 13.3. The molecule has 4 rings (SSSR count). The average Bonchev–Trinajstić information content (AvgIpc) is 3.03. The van der Waals surface area contributed by atoms with Crippen molar-refractivity contribution in [2.45, 2.75) is 46.1 Å². The van der Waals surface area contributed by atoms with E-state index in [0.29, 0.717) is 47.9 Å². The van der Waals surface area contributed by atoms with E-state index in [1.807, 2.05) is 36.9 Å². The van der Waals surface area contributed by atoms with Crippen LogP contribution < -0.4 is 20.1 Å². The topological polar surface area (TPSA) is 120 Å². The molecule has 1 fully saturated rings. The van der Waals surface area contributed by atoms with E-state index in [1.54, 1.807) is 36.4 Å². The number of hydrogen-bond donors (Lipinski definition) is 3. The molecule has 1 aliphatic heterocycles. The predicted molar refractivity (Wildman–Crippen MR) is 174 cm³/mol. The van der Waals surface area contributed by atoms with Gasteiger partial charge in [-0.15, -0.1) is 0 Å². The molecule has 0 atom stereocenters. The molecule has 0 radical (unpaired) electrons. The van der Waals surface area contributed by atoms with E-state index in [0.717, 1.165) is 51.0 Å². The summed E-state index contributed by atoms with van der Waals surface area (Å²) in [7, 11) is 2.08. The van der Waals surface area contributed by atoms with Gasteiger partial charge in [0.05, 0.1) is 24.5 Å². The third-order valence-electron chi connectivity index (χ3n) is 7.75. The van der Waals surface area contributed by atoms with Gasteiger partial charge in [-0.3, -0.25) is 14.4 Å². The van der Waals surface area contributed by atoms with Gasteiger partial charge in [-0.1, -0.05) is 24.3 Å². The summed E-state index contributed by atoms with van der Waals surface area (Å²) >= 11 is 0. The number of benzene rings is 3. The lowest BCUT2D eigenvalue weighted by Gasteiger charge is -2.32. The molecule has 10 nitrogen and oxygen atoms in total. The summed E-state index contributed by atoms with van der Waals surface area (Å²) in [4.78, 5) is 42.5. The molecular weight excluding hydrogens is 572 g/mol. The number of aryl methyl sites for hydroxylation is 1. The van der Waals surface area contributed by atoms with E-state index in [1.165, 1.54) is 6.07 Å². The van der Waals surface area contributed by atoms with Crippen LogP contribution in [0.4, 0.5) is 5.69 Å². The number of para-hydroxylation sites is 1. The number of amides is 3.